The second kappa shape index (κ2) is 7.80. The smallest absolute Gasteiger partial charge is 0.264 e. The highest BCUT2D eigenvalue weighted by Crippen LogP contribution is 2.43. The summed E-state index contributed by atoms with van der Waals surface area (Å²) in [7, 11) is -7.49. The molecule has 0 aromatic heterocycles. The lowest BCUT2D eigenvalue weighted by Gasteiger charge is -2.43. The number of aldehydes is 1. The highest BCUT2D eigenvalue weighted by molar-refractivity contribution is 7.86. The van der Waals surface area contributed by atoms with Gasteiger partial charge in [-0.1, -0.05) is 0 Å². The van der Waals surface area contributed by atoms with Crippen LogP contribution < -0.4 is 0 Å². The monoisotopic (exact) mass is 414 g/mol. The number of hydrogen-bond acceptors (Lipinski definition) is 9. The second-order valence-electron chi connectivity index (χ2n) is 7.27. The summed E-state index contributed by atoms with van der Waals surface area (Å²) in [4.78, 5) is 11.2. The summed E-state index contributed by atoms with van der Waals surface area (Å²) >= 11 is 0. The number of carbonyl (C=O) groups is 1. The van der Waals surface area contributed by atoms with E-state index in [1.54, 1.807) is 13.8 Å². The van der Waals surface area contributed by atoms with Crippen molar-refractivity contribution in [2.45, 2.75) is 57.2 Å². The Morgan fingerprint density at radius 1 is 1.04 bits per heavy atom. The zero-order valence-electron chi connectivity index (χ0n) is 15.3. The molecule has 1 unspecified atom stereocenters. The van der Waals surface area contributed by atoms with Gasteiger partial charge in [0.1, 0.15) is 6.29 Å². The largest absolute Gasteiger partial charge is 0.348 e. The van der Waals surface area contributed by atoms with E-state index in [4.69, 9.17) is 17.8 Å². The van der Waals surface area contributed by atoms with Gasteiger partial charge in [-0.2, -0.15) is 16.8 Å². The van der Waals surface area contributed by atoms with E-state index in [0.717, 1.165) is 12.5 Å². The SMILES string of the molecule is CC1(C)OCC([C@H]2[C@@H](CC=O)[C@H](OS(C)(=O)=O)CC[C@@H]2OS(C)(=O)=O)O1. The highest BCUT2D eigenvalue weighted by Gasteiger charge is 2.50. The molecule has 0 aromatic carbocycles. The first kappa shape index (κ1) is 21.7. The van der Waals surface area contributed by atoms with E-state index in [-0.39, 0.29) is 25.9 Å². The van der Waals surface area contributed by atoms with Gasteiger partial charge >= 0.3 is 0 Å². The zero-order chi connectivity index (χ0) is 19.8. The minimum atomic E-state index is -3.75. The van der Waals surface area contributed by atoms with Crippen molar-refractivity contribution in [3.8, 4) is 0 Å². The van der Waals surface area contributed by atoms with Crippen LogP contribution in [0.25, 0.3) is 0 Å². The van der Waals surface area contributed by atoms with Gasteiger partial charge in [0.25, 0.3) is 20.2 Å². The van der Waals surface area contributed by atoms with Gasteiger partial charge in [-0.3, -0.25) is 8.37 Å². The molecule has 0 amide bonds. The van der Waals surface area contributed by atoms with Crippen molar-refractivity contribution in [3.05, 3.63) is 0 Å². The fourth-order valence-corrected chi connectivity index (χ4v) is 5.14. The number of hydrogen-bond donors (Lipinski definition) is 0. The van der Waals surface area contributed by atoms with E-state index in [9.17, 15) is 21.6 Å². The summed E-state index contributed by atoms with van der Waals surface area (Å²) in [5.74, 6) is -2.01. The predicted octanol–water partition coefficient (Wildman–Crippen LogP) is 0.443. The summed E-state index contributed by atoms with van der Waals surface area (Å²) in [5, 5.41) is 0. The average molecular weight is 414 g/mol. The minimum absolute atomic E-state index is 0.00519. The Bertz CT molecular complexity index is 713. The quantitative estimate of drug-likeness (QED) is 0.431. The van der Waals surface area contributed by atoms with Crippen molar-refractivity contribution in [1.82, 2.24) is 0 Å². The van der Waals surface area contributed by atoms with Gasteiger partial charge in [-0.25, -0.2) is 0 Å². The number of rotatable bonds is 7. The molecule has 0 radical (unpaired) electrons. The van der Waals surface area contributed by atoms with Crippen LogP contribution in [0.4, 0.5) is 0 Å². The van der Waals surface area contributed by atoms with Crippen LogP contribution in [0.1, 0.15) is 33.1 Å². The Morgan fingerprint density at radius 3 is 2.04 bits per heavy atom. The Labute approximate surface area is 154 Å². The maximum absolute atomic E-state index is 11.7. The molecular formula is C15H26O9S2. The molecule has 1 heterocycles. The van der Waals surface area contributed by atoms with Crippen molar-refractivity contribution in [2.75, 3.05) is 19.1 Å². The fourth-order valence-electron chi connectivity index (χ4n) is 3.78. The minimum Gasteiger partial charge on any atom is -0.348 e. The molecule has 2 aliphatic rings. The van der Waals surface area contributed by atoms with Gasteiger partial charge in [-0.05, 0) is 26.7 Å². The van der Waals surface area contributed by atoms with Crippen molar-refractivity contribution in [2.24, 2.45) is 11.8 Å². The Balaban J connectivity index is 2.36. The van der Waals surface area contributed by atoms with Crippen LogP contribution in [0, 0.1) is 11.8 Å². The summed E-state index contributed by atoms with van der Waals surface area (Å²) in [6.07, 6.45) is 1.00. The molecule has 2 fully saturated rings. The van der Waals surface area contributed by atoms with E-state index in [0.29, 0.717) is 6.29 Å². The normalized spacial score (nSPS) is 35.3. The van der Waals surface area contributed by atoms with Crippen molar-refractivity contribution < 1.29 is 39.5 Å². The molecule has 1 aliphatic carbocycles. The molecule has 0 N–H and O–H groups in total. The molecular weight excluding hydrogens is 388 g/mol. The number of carbonyl (C=O) groups excluding carboxylic acids is 1. The first-order valence-electron chi connectivity index (χ1n) is 8.33. The topological polar surface area (TPSA) is 122 Å². The van der Waals surface area contributed by atoms with Gasteiger partial charge in [0, 0.05) is 18.3 Å². The molecule has 11 heteroatoms. The number of ether oxygens (including phenoxy) is 2. The van der Waals surface area contributed by atoms with Gasteiger partial charge in [-0.15, -0.1) is 0 Å². The lowest BCUT2D eigenvalue weighted by molar-refractivity contribution is -0.161. The van der Waals surface area contributed by atoms with E-state index >= 15 is 0 Å². The summed E-state index contributed by atoms with van der Waals surface area (Å²) < 4.78 is 68.4. The molecule has 26 heavy (non-hydrogen) atoms. The van der Waals surface area contributed by atoms with Crippen LogP contribution in [0.2, 0.25) is 0 Å². The molecule has 1 aliphatic heterocycles. The predicted molar refractivity (Wildman–Crippen MR) is 91.2 cm³/mol. The lowest BCUT2D eigenvalue weighted by atomic mass is 9.71. The van der Waals surface area contributed by atoms with Crippen LogP contribution in [0.15, 0.2) is 0 Å². The molecule has 2 rings (SSSR count). The van der Waals surface area contributed by atoms with Crippen LogP contribution in [0.5, 0.6) is 0 Å². The molecule has 0 aromatic rings. The first-order chi connectivity index (χ1) is 11.8. The first-order valence-corrected chi connectivity index (χ1v) is 12.0. The molecule has 1 saturated carbocycles. The summed E-state index contributed by atoms with van der Waals surface area (Å²) in [6.45, 7) is 3.63. The Kier molecular flexibility index (Phi) is 6.51. The average Bonchev–Trinajstić information content (AvgIpc) is 2.79. The third kappa shape index (κ3) is 5.96. The zero-order valence-corrected chi connectivity index (χ0v) is 16.9. The molecule has 1 saturated heterocycles. The van der Waals surface area contributed by atoms with Crippen LogP contribution in [-0.4, -0.2) is 66.3 Å². The van der Waals surface area contributed by atoms with Crippen LogP contribution >= 0.6 is 0 Å². The second-order valence-corrected chi connectivity index (χ2v) is 10.5. The van der Waals surface area contributed by atoms with Gasteiger partial charge < -0.3 is 14.3 Å². The van der Waals surface area contributed by atoms with Crippen molar-refractivity contribution in [1.29, 1.82) is 0 Å². The maximum Gasteiger partial charge on any atom is 0.264 e. The maximum atomic E-state index is 11.7. The van der Waals surface area contributed by atoms with E-state index < -0.39 is 56.2 Å². The van der Waals surface area contributed by atoms with Gasteiger partial charge in [0.2, 0.25) is 0 Å². The van der Waals surface area contributed by atoms with Crippen LogP contribution in [-0.2, 0) is 42.9 Å². The Morgan fingerprint density at radius 2 is 1.58 bits per heavy atom. The van der Waals surface area contributed by atoms with E-state index in [2.05, 4.69) is 0 Å². The molecule has 9 nitrogen and oxygen atoms in total. The molecule has 5 atom stereocenters. The Hall–Kier alpha value is -0.590. The van der Waals surface area contributed by atoms with Crippen molar-refractivity contribution >= 4 is 26.5 Å². The van der Waals surface area contributed by atoms with Gasteiger partial charge in [0.15, 0.2) is 5.79 Å². The third-order valence-corrected chi connectivity index (χ3v) is 5.76. The van der Waals surface area contributed by atoms with Gasteiger partial charge in [0.05, 0.1) is 37.4 Å². The highest BCUT2D eigenvalue weighted by atomic mass is 32.2. The van der Waals surface area contributed by atoms with E-state index in [1.807, 2.05) is 0 Å². The molecule has 152 valence electrons. The van der Waals surface area contributed by atoms with E-state index in [1.165, 1.54) is 0 Å². The van der Waals surface area contributed by atoms with Crippen molar-refractivity contribution in [3.63, 3.8) is 0 Å². The van der Waals surface area contributed by atoms with Crippen LogP contribution in [0.3, 0.4) is 0 Å². The standard InChI is InChI=1S/C15H26O9S2/c1-15(2)21-9-13(22-15)14-10(7-8-16)11(23-25(3,17)18)5-6-12(14)24-26(4,19)20/h8,10-14H,5-7,9H2,1-4H3/t10-,11+,12-,13?,14-/m0/s1. The lowest BCUT2D eigenvalue weighted by Crippen LogP contribution is -2.50. The summed E-state index contributed by atoms with van der Waals surface area (Å²) in [5.41, 5.74) is 0. The third-order valence-electron chi connectivity index (χ3n) is 4.56. The molecule has 0 bridgehead atoms. The fraction of sp³-hybridized carbons (Fsp3) is 0.933. The summed E-state index contributed by atoms with van der Waals surface area (Å²) in [6, 6.07) is 0. The molecule has 0 spiro atoms.